The second kappa shape index (κ2) is 6.89. The van der Waals surface area contributed by atoms with E-state index in [0.717, 1.165) is 16.5 Å². The first kappa shape index (κ1) is 16.7. The molecular formula is C23H15FN2O. The Bertz CT molecular complexity index is 1180. The van der Waals surface area contributed by atoms with Crippen molar-refractivity contribution in [2.75, 3.05) is 0 Å². The van der Waals surface area contributed by atoms with Crippen LogP contribution in [0.25, 0.3) is 10.9 Å². The standard InChI is InChI=1S/C23H15FN2O/c24-21-7-3-1-6-19(21)23(27)20-15-26(22-8-4-2-5-18(20)22)14-17-11-9-16(13-25)10-12-17/h1-12,15H,14H2. The smallest absolute Gasteiger partial charge is 0.198 e. The van der Waals surface area contributed by atoms with Crippen LogP contribution in [0.5, 0.6) is 0 Å². The molecule has 0 saturated heterocycles. The molecule has 4 heteroatoms. The van der Waals surface area contributed by atoms with E-state index in [2.05, 4.69) is 6.07 Å². The van der Waals surface area contributed by atoms with Crippen LogP contribution in [0, 0.1) is 17.1 Å². The van der Waals surface area contributed by atoms with Crippen molar-refractivity contribution in [1.29, 1.82) is 5.26 Å². The molecular weight excluding hydrogens is 339 g/mol. The Balaban J connectivity index is 1.78. The van der Waals surface area contributed by atoms with Crippen molar-refractivity contribution in [3.63, 3.8) is 0 Å². The molecule has 1 aromatic heterocycles. The summed E-state index contributed by atoms with van der Waals surface area (Å²) in [6, 6.07) is 23.1. The Morgan fingerprint density at radius 1 is 0.926 bits per heavy atom. The number of carbonyl (C=O) groups excluding carboxylic acids is 1. The van der Waals surface area contributed by atoms with Crippen molar-refractivity contribution >= 4 is 16.7 Å². The van der Waals surface area contributed by atoms with Gasteiger partial charge in [-0.1, -0.05) is 42.5 Å². The minimum atomic E-state index is -0.522. The van der Waals surface area contributed by atoms with Gasteiger partial charge in [-0.2, -0.15) is 5.26 Å². The highest BCUT2D eigenvalue weighted by atomic mass is 19.1. The maximum atomic E-state index is 14.1. The largest absolute Gasteiger partial charge is 0.342 e. The van der Waals surface area contributed by atoms with E-state index in [1.54, 1.807) is 30.5 Å². The topological polar surface area (TPSA) is 45.8 Å². The number of hydrogen-bond donors (Lipinski definition) is 0. The molecule has 0 amide bonds. The van der Waals surface area contributed by atoms with Crippen LogP contribution in [0.2, 0.25) is 0 Å². The second-order valence-corrected chi connectivity index (χ2v) is 6.31. The predicted molar refractivity (Wildman–Crippen MR) is 102 cm³/mol. The number of ketones is 1. The van der Waals surface area contributed by atoms with Crippen LogP contribution in [0.1, 0.15) is 27.0 Å². The van der Waals surface area contributed by atoms with E-state index in [1.165, 1.54) is 12.1 Å². The van der Waals surface area contributed by atoms with Gasteiger partial charge in [0.05, 0.1) is 17.2 Å². The SMILES string of the molecule is N#Cc1ccc(Cn2cc(C(=O)c3ccccc3F)c3ccccc32)cc1. The van der Waals surface area contributed by atoms with Gasteiger partial charge >= 0.3 is 0 Å². The lowest BCUT2D eigenvalue weighted by atomic mass is 10.0. The Morgan fingerprint density at radius 3 is 2.37 bits per heavy atom. The summed E-state index contributed by atoms with van der Waals surface area (Å²) in [5.41, 5.74) is 3.07. The molecule has 3 nitrogen and oxygen atoms in total. The molecule has 0 N–H and O–H groups in total. The Labute approximate surface area is 155 Å². The summed E-state index contributed by atoms with van der Waals surface area (Å²) < 4.78 is 16.1. The molecule has 4 rings (SSSR count). The summed E-state index contributed by atoms with van der Waals surface area (Å²) in [7, 11) is 0. The van der Waals surface area contributed by atoms with Crippen LogP contribution in [0.4, 0.5) is 4.39 Å². The minimum absolute atomic E-state index is 0.0683. The number of carbonyl (C=O) groups is 1. The lowest BCUT2D eigenvalue weighted by Gasteiger charge is -2.05. The van der Waals surface area contributed by atoms with Crippen LogP contribution >= 0.6 is 0 Å². The number of nitriles is 1. The number of nitrogens with zero attached hydrogens (tertiary/aromatic N) is 2. The van der Waals surface area contributed by atoms with Gasteiger partial charge in [0.2, 0.25) is 0 Å². The molecule has 0 saturated carbocycles. The van der Waals surface area contributed by atoms with E-state index in [1.807, 2.05) is 41.0 Å². The zero-order valence-electron chi connectivity index (χ0n) is 14.4. The zero-order valence-corrected chi connectivity index (χ0v) is 14.4. The maximum absolute atomic E-state index is 14.1. The maximum Gasteiger partial charge on any atom is 0.198 e. The average Bonchev–Trinajstić information content (AvgIpc) is 3.07. The third-order valence-corrected chi connectivity index (χ3v) is 4.59. The molecule has 0 unspecified atom stereocenters. The number of fused-ring (bicyclic) bond motifs is 1. The van der Waals surface area contributed by atoms with Crippen LogP contribution in [0.15, 0.2) is 79.0 Å². The Hall–Kier alpha value is -3.71. The van der Waals surface area contributed by atoms with Crippen molar-refractivity contribution in [2.24, 2.45) is 0 Å². The van der Waals surface area contributed by atoms with Crippen molar-refractivity contribution in [1.82, 2.24) is 4.57 Å². The molecule has 3 aromatic carbocycles. The van der Waals surface area contributed by atoms with Crippen molar-refractivity contribution in [2.45, 2.75) is 6.54 Å². The molecule has 0 aliphatic heterocycles. The van der Waals surface area contributed by atoms with Gasteiger partial charge in [0, 0.05) is 29.2 Å². The van der Waals surface area contributed by atoms with E-state index in [0.29, 0.717) is 17.7 Å². The van der Waals surface area contributed by atoms with Gasteiger partial charge in [-0.25, -0.2) is 4.39 Å². The fourth-order valence-electron chi connectivity index (χ4n) is 3.23. The first-order valence-electron chi connectivity index (χ1n) is 8.53. The van der Waals surface area contributed by atoms with E-state index in [4.69, 9.17) is 5.26 Å². The Morgan fingerprint density at radius 2 is 1.63 bits per heavy atom. The van der Waals surface area contributed by atoms with Gasteiger partial charge < -0.3 is 4.57 Å². The summed E-state index contributed by atoms with van der Waals surface area (Å²) in [6.45, 7) is 0.552. The molecule has 0 aliphatic carbocycles. The molecule has 0 spiro atoms. The summed E-state index contributed by atoms with van der Waals surface area (Å²) in [4.78, 5) is 12.9. The van der Waals surface area contributed by atoms with Gasteiger partial charge in [-0.3, -0.25) is 4.79 Å². The number of para-hydroxylation sites is 1. The number of hydrogen-bond acceptors (Lipinski definition) is 2. The Kier molecular flexibility index (Phi) is 4.27. The third-order valence-electron chi connectivity index (χ3n) is 4.59. The summed E-state index contributed by atoms with van der Waals surface area (Å²) in [5, 5.41) is 9.72. The molecule has 4 aromatic rings. The molecule has 27 heavy (non-hydrogen) atoms. The van der Waals surface area contributed by atoms with Crippen molar-refractivity contribution in [3.05, 3.63) is 107 Å². The quantitative estimate of drug-likeness (QED) is 0.488. The number of benzene rings is 3. The summed E-state index contributed by atoms with van der Waals surface area (Å²) in [5.74, 6) is -0.852. The van der Waals surface area contributed by atoms with Gasteiger partial charge in [-0.15, -0.1) is 0 Å². The molecule has 1 heterocycles. The summed E-state index contributed by atoms with van der Waals surface area (Å²) in [6.07, 6.45) is 1.78. The fourth-order valence-corrected chi connectivity index (χ4v) is 3.23. The fraction of sp³-hybridized carbons (Fsp3) is 0.0435. The van der Waals surface area contributed by atoms with Gasteiger partial charge in [0.1, 0.15) is 5.82 Å². The highest BCUT2D eigenvalue weighted by Gasteiger charge is 2.19. The molecule has 0 aliphatic rings. The molecule has 0 bridgehead atoms. The number of halogens is 1. The molecule has 130 valence electrons. The van der Waals surface area contributed by atoms with E-state index in [-0.39, 0.29) is 11.3 Å². The van der Waals surface area contributed by atoms with Gasteiger partial charge in [0.15, 0.2) is 5.78 Å². The monoisotopic (exact) mass is 354 g/mol. The normalized spacial score (nSPS) is 10.7. The zero-order chi connectivity index (χ0) is 18.8. The first-order valence-corrected chi connectivity index (χ1v) is 8.53. The lowest BCUT2D eigenvalue weighted by molar-refractivity contribution is 0.103. The van der Waals surface area contributed by atoms with Crippen LogP contribution in [0.3, 0.4) is 0 Å². The van der Waals surface area contributed by atoms with Crippen molar-refractivity contribution < 1.29 is 9.18 Å². The highest BCUT2D eigenvalue weighted by Crippen LogP contribution is 2.25. The number of aromatic nitrogens is 1. The molecule has 0 fully saturated rings. The second-order valence-electron chi connectivity index (χ2n) is 6.31. The molecule has 0 radical (unpaired) electrons. The third kappa shape index (κ3) is 3.11. The number of rotatable bonds is 4. The van der Waals surface area contributed by atoms with Crippen LogP contribution in [-0.2, 0) is 6.54 Å². The minimum Gasteiger partial charge on any atom is -0.342 e. The van der Waals surface area contributed by atoms with E-state index >= 15 is 0 Å². The first-order chi connectivity index (χ1) is 13.2. The highest BCUT2D eigenvalue weighted by molar-refractivity contribution is 6.16. The van der Waals surface area contributed by atoms with Crippen LogP contribution in [-0.4, -0.2) is 10.4 Å². The van der Waals surface area contributed by atoms with E-state index < -0.39 is 5.82 Å². The predicted octanol–water partition coefficient (Wildman–Crippen LogP) is 4.93. The van der Waals surface area contributed by atoms with Crippen molar-refractivity contribution in [3.8, 4) is 6.07 Å². The van der Waals surface area contributed by atoms with Crippen LogP contribution < -0.4 is 0 Å². The van der Waals surface area contributed by atoms with Gasteiger partial charge in [0.25, 0.3) is 0 Å². The lowest BCUT2D eigenvalue weighted by Crippen LogP contribution is -2.04. The van der Waals surface area contributed by atoms with E-state index in [9.17, 15) is 9.18 Å². The summed E-state index contributed by atoms with van der Waals surface area (Å²) >= 11 is 0. The van der Waals surface area contributed by atoms with Gasteiger partial charge in [-0.05, 0) is 35.9 Å². The average molecular weight is 354 g/mol. The molecule has 0 atom stereocenters.